The molecule has 5 heterocycles. The van der Waals surface area contributed by atoms with Gasteiger partial charge in [-0.1, -0.05) is 45.0 Å². The molecule has 0 saturated carbocycles. The number of aliphatic carboxylic acids is 1. The molecule has 7 rings (SSSR count). The van der Waals surface area contributed by atoms with Gasteiger partial charge in [-0.15, -0.1) is 0 Å². The fourth-order valence-corrected chi connectivity index (χ4v) is 11.7. The molecule has 1 saturated heterocycles. The third kappa shape index (κ3) is 23.1. The molecule has 33 nitrogen and oxygen atoms in total. The molecule has 104 heavy (non-hydrogen) atoms. The molecule has 4 aromatic rings. The van der Waals surface area contributed by atoms with E-state index in [1.54, 1.807) is 47.8 Å². The number of nitrogens with one attached hydrogen (secondary N) is 4. The fraction of sp³-hybridized carbons (Fsp3) is 0.620. The minimum absolute atomic E-state index is 0.0256. The van der Waals surface area contributed by atoms with Gasteiger partial charge in [0.15, 0.2) is 11.7 Å². The number of methoxy groups -OCH3 is 1. The maximum atomic E-state index is 14.2. The summed E-state index contributed by atoms with van der Waals surface area (Å²) in [4.78, 5) is 115. The van der Waals surface area contributed by atoms with Crippen LogP contribution in [0.15, 0.2) is 53.3 Å². The molecule has 3 aliphatic heterocycles. The highest BCUT2D eigenvalue weighted by molar-refractivity contribution is 5.99. The van der Waals surface area contributed by atoms with Crippen LogP contribution in [0.25, 0.3) is 22.3 Å². The molecule has 3 aliphatic rings. The van der Waals surface area contributed by atoms with Gasteiger partial charge in [-0.3, -0.25) is 24.0 Å². The molecule has 0 bridgehead atoms. The van der Waals surface area contributed by atoms with Crippen molar-refractivity contribution in [3.63, 3.8) is 0 Å². The molecule has 5 unspecified atom stereocenters. The monoisotopic (exact) mass is 1470 g/mol. The number of hydrogen-bond donors (Lipinski definition) is 10. The van der Waals surface area contributed by atoms with E-state index in [0.717, 1.165) is 10.9 Å². The molecule has 0 radical (unpaired) electrons. The second kappa shape index (κ2) is 41.7. The summed E-state index contributed by atoms with van der Waals surface area (Å²) in [6.45, 7) is 15.4. The number of aliphatic hydroxyl groups excluding tert-OH is 3. The first-order valence-corrected chi connectivity index (χ1v) is 35.1. The summed E-state index contributed by atoms with van der Waals surface area (Å²) in [6.07, 6.45) is -9.65. The Labute approximate surface area is 602 Å². The number of amides is 5. The molecule has 1 fully saturated rings. The molecule has 5 amide bonds. The Balaban J connectivity index is 0.919. The highest BCUT2D eigenvalue weighted by Crippen LogP contribution is 2.41. The molecule has 33 heteroatoms. The number of rotatable bonds is 46. The van der Waals surface area contributed by atoms with Gasteiger partial charge in [-0.05, 0) is 101 Å². The van der Waals surface area contributed by atoms with Gasteiger partial charge in [0.2, 0.25) is 29.9 Å². The number of carbonyl (C=O) groups is 7. The number of hydrogen-bond acceptors (Lipinski definition) is 26. The summed E-state index contributed by atoms with van der Waals surface area (Å²) in [7, 11) is 1.61. The lowest BCUT2D eigenvalue weighted by molar-refractivity contribution is -0.271. The molecular formula is C71H102N8O25. The molecule has 2 aromatic heterocycles. The maximum Gasteiger partial charge on any atom is 0.410 e. The van der Waals surface area contributed by atoms with E-state index in [4.69, 9.17) is 67.6 Å². The van der Waals surface area contributed by atoms with Crippen LogP contribution in [-0.4, -0.2) is 256 Å². The SMILES string of the molecule is CC[C@@]1(O)C(=O)OCc2c1cc1n(c2=O)Cc2c-1nc1ccccc1c2CCN(C(=O)OCc1ccc(NC(=O)[C@H](C)NC(=O)[C@@H](NC(=O)[C@H](CCCCN)NC(=O)CCOCCOCCOCCOCCOCCOCCOCCOC)C(C)C)c(OC2OC(C(=O)O)C(O)C(O)C2O)c1)C(C)C. The molecular weight excluding hydrogens is 1360 g/mol. The van der Waals surface area contributed by atoms with E-state index >= 15 is 0 Å². The van der Waals surface area contributed by atoms with Crippen LogP contribution in [0, 0.1) is 5.92 Å². The minimum atomic E-state index is -2.08. The van der Waals surface area contributed by atoms with Crippen LogP contribution in [0.1, 0.15) is 101 Å². The fourth-order valence-electron chi connectivity index (χ4n) is 11.7. The first kappa shape index (κ1) is 83.4. The summed E-state index contributed by atoms with van der Waals surface area (Å²) >= 11 is 0. The molecule has 9 atom stereocenters. The average molecular weight is 1470 g/mol. The third-order valence-electron chi connectivity index (χ3n) is 17.6. The second-order valence-electron chi connectivity index (χ2n) is 25.7. The Morgan fingerprint density at radius 1 is 0.740 bits per heavy atom. The lowest BCUT2D eigenvalue weighted by Gasteiger charge is -2.38. The van der Waals surface area contributed by atoms with Gasteiger partial charge in [0.05, 0.1) is 134 Å². The Hall–Kier alpha value is -7.87. The number of para-hydroxylation sites is 1. The molecule has 576 valence electrons. The number of fused-ring (bicyclic) bond motifs is 5. The van der Waals surface area contributed by atoms with Crippen molar-refractivity contribution in [3.05, 3.63) is 86.7 Å². The van der Waals surface area contributed by atoms with Crippen LogP contribution >= 0.6 is 0 Å². The highest BCUT2D eigenvalue weighted by Gasteiger charge is 2.49. The van der Waals surface area contributed by atoms with E-state index in [0.29, 0.717) is 121 Å². The van der Waals surface area contributed by atoms with Crippen molar-refractivity contribution >= 4 is 58.3 Å². The van der Waals surface area contributed by atoms with Crippen molar-refractivity contribution < 1.29 is 116 Å². The normalized spacial score (nSPS) is 19.1. The van der Waals surface area contributed by atoms with E-state index in [1.165, 1.54) is 34.6 Å². The zero-order chi connectivity index (χ0) is 75.5. The lowest BCUT2D eigenvalue weighted by Crippen LogP contribution is -2.61. The van der Waals surface area contributed by atoms with E-state index in [2.05, 4.69) is 21.3 Å². The number of aliphatic hydroxyl groups is 4. The summed E-state index contributed by atoms with van der Waals surface area (Å²) < 4.78 is 67.4. The first-order chi connectivity index (χ1) is 49.9. The van der Waals surface area contributed by atoms with Crippen LogP contribution < -0.4 is 37.3 Å². The molecule has 11 N–H and O–H groups in total. The quantitative estimate of drug-likeness (QED) is 0.0194. The Bertz CT molecular complexity index is 3560. The van der Waals surface area contributed by atoms with Crippen LogP contribution in [0.2, 0.25) is 0 Å². The number of aromatic nitrogens is 2. The predicted molar refractivity (Wildman–Crippen MR) is 372 cm³/mol. The molecule has 0 aliphatic carbocycles. The Morgan fingerprint density at radius 3 is 1.94 bits per heavy atom. The van der Waals surface area contributed by atoms with Crippen LogP contribution in [0.5, 0.6) is 5.75 Å². The number of esters is 1. The molecule has 0 spiro atoms. The number of anilines is 1. The number of carboxylic acids is 1. The highest BCUT2D eigenvalue weighted by atomic mass is 16.7. The number of nitrogens with zero attached hydrogens (tertiary/aromatic N) is 3. The number of carbonyl (C=O) groups excluding carboxylic acids is 6. The summed E-state index contributed by atoms with van der Waals surface area (Å²) in [5, 5.41) is 65.0. The van der Waals surface area contributed by atoms with E-state index < -0.39 is 120 Å². The van der Waals surface area contributed by atoms with Gasteiger partial charge >= 0.3 is 18.0 Å². The van der Waals surface area contributed by atoms with Gasteiger partial charge in [-0.25, -0.2) is 19.4 Å². The number of nitrogens with two attached hydrogens (primary N) is 1. The minimum Gasteiger partial charge on any atom is -0.479 e. The summed E-state index contributed by atoms with van der Waals surface area (Å²) in [5.74, 6) is -6.14. The standard InChI is InChI=1S/C71H102N8O25/c1-8-71(92)50-38-54-58-48(39-79(54)66(87)49(50)41-101-69(71)90)46(47-13-9-10-14-51(47)75-58)18-21-78(43(4)5)70(91)102-40-45-16-17-52(55(37-45)103-68-61(83)59(81)60(82)62(104-68)67(88)89)76-63(84)44(6)73-65(86)57(42(2)3)77-64(85)53(15-11-12-20-72)74-56(80)19-22-94-25-26-96-29-30-98-33-34-100-36-35-99-32-31-97-28-27-95-24-23-93-7/h9-10,13-14,16-17,37-38,42-44,53,57,59-62,68,81-83,92H,8,11-12,15,18-36,39-41,72H2,1-7H3,(H,73,86)(H,74,80)(H,76,84)(H,77,85)(H,88,89)/t44-,53-,57-,59?,60?,61?,62?,68?,71-/m0/s1. The summed E-state index contributed by atoms with van der Waals surface area (Å²) in [6, 6.07) is 9.04. The van der Waals surface area contributed by atoms with Gasteiger partial charge < -0.3 is 119 Å². The summed E-state index contributed by atoms with van der Waals surface area (Å²) in [5.41, 5.74) is 6.73. The second-order valence-corrected chi connectivity index (χ2v) is 25.7. The Kier molecular flexibility index (Phi) is 33.5. The first-order valence-electron chi connectivity index (χ1n) is 35.1. The van der Waals surface area contributed by atoms with E-state index in [9.17, 15) is 63.9 Å². The van der Waals surface area contributed by atoms with Crippen molar-refractivity contribution in [1.29, 1.82) is 0 Å². The van der Waals surface area contributed by atoms with Crippen LogP contribution in [0.4, 0.5) is 10.5 Å². The van der Waals surface area contributed by atoms with Gasteiger partial charge in [0, 0.05) is 42.6 Å². The number of ether oxygens (including phenoxy) is 12. The number of carboxylic acid groups (broad SMARTS) is 1. The third-order valence-corrected chi connectivity index (χ3v) is 17.6. The maximum absolute atomic E-state index is 14.2. The van der Waals surface area contributed by atoms with Crippen molar-refractivity contribution in [2.24, 2.45) is 11.7 Å². The average Bonchev–Trinajstić information content (AvgIpc) is 1.54. The smallest absolute Gasteiger partial charge is 0.410 e. The van der Waals surface area contributed by atoms with Crippen molar-refractivity contribution in [2.75, 3.05) is 125 Å². The van der Waals surface area contributed by atoms with Crippen molar-refractivity contribution in [2.45, 2.75) is 160 Å². The zero-order valence-electron chi connectivity index (χ0n) is 60.1. The Morgan fingerprint density at radius 2 is 1.36 bits per heavy atom. The van der Waals surface area contributed by atoms with Gasteiger partial charge in [-0.2, -0.15) is 0 Å². The van der Waals surface area contributed by atoms with Crippen LogP contribution in [-0.2, 0) is 113 Å². The lowest BCUT2D eigenvalue weighted by atomic mass is 9.86. The van der Waals surface area contributed by atoms with Gasteiger partial charge in [0.1, 0.15) is 55.4 Å². The predicted octanol–water partition coefficient (Wildman–Crippen LogP) is 1.29. The van der Waals surface area contributed by atoms with E-state index in [1.807, 2.05) is 24.3 Å². The van der Waals surface area contributed by atoms with Gasteiger partial charge in [0.25, 0.3) is 5.56 Å². The number of unbranched alkanes of at least 4 members (excludes halogenated alkanes) is 1. The topological polar surface area (TPSA) is 444 Å². The number of benzene rings is 2. The number of pyridine rings is 2. The van der Waals surface area contributed by atoms with E-state index in [-0.39, 0.29) is 93.3 Å². The van der Waals surface area contributed by atoms with Crippen LogP contribution in [0.3, 0.4) is 0 Å². The molecule has 2 aromatic carbocycles. The zero-order valence-corrected chi connectivity index (χ0v) is 60.1. The largest absolute Gasteiger partial charge is 0.479 e. The van der Waals surface area contributed by atoms with Crippen molar-refractivity contribution in [1.82, 2.24) is 30.4 Å². The van der Waals surface area contributed by atoms with Crippen molar-refractivity contribution in [3.8, 4) is 17.1 Å². The number of cyclic esters (lactones) is 1.